The van der Waals surface area contributed by atoms with Gasteiger partial charge in [-0.1, -0.05) is 35.6 Å². The molecular formula is C28H31N9O3S. The molecule has 2 aliphatic heterocycles. The first kappa shape index (κ1) is 26.7. The lowest BCUT2D eigenvalue weighted by Gasteiger charge is -2.46. The number of hydrogen-bond acceptors (Lipinski definition) is 8. The highest BCUT2D eigenvalue weighted by atomic mass is 32.1. The standard InChI is InChI=1S/C28H31N9O3S/c1-4-10-35(28(40)30-2)36-16-24(38)37-21(12-17-8-9-20-19(11-17)13-31-33(20)3)26(39)34(15-23(36)37)14-18-6-5-7-22-25(18)32-27(29)41-22/h4-9,11,13,21,23H,1,10,12,14-16H2,2-3H3,(H2,29,32)(H,30,40)/t21-,23+/m0/s1. The molecule has 0 saturated carbocycles. The maximum absolute atomic E-state index is 14.2. The molecule has 2 aromatic heterocycles. The first-order chi connectivity index (χ1) is 19.8. The molecule has 3 N–H and O–H groups in total. The highest BCUT2D eigenvalue weighted by Gasteiger charge is 2.52. The fourth-order valence-electron chi connectivity index (χ4n) is 5.87. The number of benzene rings is 2. The van der Waals surface area contributed by atoms with Gasteiger partial charge in [0.25, 0.3) is 0 Å². The van der Waals surface area contributed by atoms with Crippen LogP contribution in [0.25, 0.3) is 21.1 Å². The predicted molar refractivity (Wildman–Crippen MR) is 156 cm³/mol. The SMILES string of the molecule is C=CCN(C(=O)NC)N1CC(=O)N2[C@@H](Cc3ccc4c(cnn4C)c3)C(=O)N(Cc3cccc4sc(N)nc34)C[C@@H]21. The molecule has 0 spiro atoms. The van der Waals surface area contributed by atoms with Gasteiger partial charge >= 0.3 is 6.03 Å². The van der Waals surface area contributed by atoms with Crippen LogP contribution in [0.3, 0.4) is 0 Å². The number of piperazine rings is 1. The average Bonchev–Trinajstić information content (AvgIpc) is 3.63. The van der Waals surface area contributed by atoms with Gasteiger partial charge in [-0.2, -0.15) is 10.1 Å². The first-order valence-corrected chi connectivity index (χ1v) is 14.1. The molecule has 0 radical (unpaired) electrons. The van der Waals surface area contributed by atoms with Crippen LogP contribution in [-0.2, 0) is 29.6 Å². The second-order valence-corrected chi connectivity index (χ2v) is 11.3. The number of amides is 4. The molecule has 12 nitrogen and oxygen atoms in total. The zero-order chi connectivity index (χ0) is 28.8. The van der Waals surface area contributed by atoms with Crippen molar-refractivity contribution in [1.82, 2.24) is 39.9 Å². The van der Waals surface area contributed by atoms with Gasteiger partial charge in [0.15, 0.2) is 5.13 Å². The number of nitrogens with two attached hydrogens (primary N) is 1. The zero-order valence-corrected chi connectivity index (χ0v) is 23.7. The molecule has 41 heavy (non-hydrogen) atoms. The van der Waals surface area contributed by atoms with Gasteiger partial charge in [-0.25, -0.2) is 9.78 Å². The Morgan fingerprint density at radius 3 is 2.90 bits per heavy atom. The number of fused-ring (bicyclic) bond motifs is 3. The predicted octanol–water partition coefficient (Wildman–Crippen LogP) is 1.93. The average molecular weight is 574 g/mol. The van der Waals surface area contributed by atoms with Crippen molar-refractivity contribution in [3.63, 3.8) is 0 Å². The second-order valence-electron chi connectivity index (χ2n) is 10.2. The Morgan fingerprint density at radius 1 is 1.29 bits per heavy atom. The van der Waals surface area contributed by atoms with Crippen LogP contribution < -0.4 is 11.1 Å². The minimum atomic E-state index is -0.754. The van der Waals surface area contributed by atoms with E-state index in [1.54, 1.807) is 38.8 Å². The molecule has 2 fully saturated rings. The molecular weight excluding hydrogens is 542 g/mol. The molecule has 4 aromatic rings. The third kappa shape index (κ3) is 4.66. The normalized spacial score (nSPS) is 19.3. The summed E-state index contributed by atoms with van der Waals surface area (Å²) in [7, 11) is 3.42. The van der Waals surface area contributed by atoms with E-state index in [1.807, 2.05) is 43.4 Å². The largest absolute Gasteiger partial charge is 0.375 e. The number of nitrogens with zero attached hydrogens (tertiary/aromatic N) is 7. The summed E-state index contributed by atoms with van der Waals surface area (Å²) in [6.07, 6.45) is 3.19. The van der Waals surface area contributed by atoms with Gasteiger partial charge in [0.05, 0.1) is 41.6 Å². The number of hydrazine groups is 1. The van der Waals surface area contributed by atoms with Crippen molar-refractivity contribution in [3.8, 4) is 0 Å². The minimum Gasteiger partial charge on any atom is -0.375 e. The van der Waals surface area contributed by atoms with Gasteiger partial charge in [-0.05, 0) is 29.3 Å². The van der Waals surface area contributed by atoms with E-state index in [2.05, 4.69) is 22.0 Å². The lowest BCUT2D eigenvalue weighted by atomic mass is 9.99. The smallest absolute Gasteiger partial charge is 0.332 e. The van der Waals surface area contributed by atoms with E-state index >= 15 is 0 Å². The molecule has 2 saturated heterocycles. The third-order valence-corrected chi connectivity index (χ3v) is 8.60. The van der Waals surface area contributed by atoms with E-state index in [0.717, 1.165) is 32.2 Å². The number of urea groups is 1. The number of carbonyl (C=O) groups excluding carboxylic acids is 3. The van der Waals surface area contributed by atoms with Crippen LogP contribution in [0.4, 0.5) is 9.93 Å². The van der Waals surface area contributed by atoms with Gasteiger partial charge in [-0.15, -0.1) is 6.58 Å². The molecule has 2 aromatic carbocycles. The van der Waals surface area contributed by atoms with Crippen LogP contribution in [0.1, 0.15) is 11.1 Å². The molecule has 212 valence electrons. The lowest BCUT2D eigenvalue weighted by molar-refractivity contribution is -0.157. The number of nitrogen functional groups attached to an aromatic ring is 1. The first-order valence-electron chi connectivity index (χ1n) is 13.3. The zero-order valence-electron chi connectivity index (χ0n) is 22.9. The highest BCUT2D eigenvalue weighted by molar-refractivity contribution is 7.22. The number of nitrogens with one attached hydrogen (secondary N) is 1. The van der Waals surface area contributed by atoms with Gasteiger partial charge in [0, 0.05) is 32.4 Å². The van der Waals surface area contributed by atoms with Gasteiger partial charge in [0.2, 0.25) is 11.8 Å². The fourth-order valence-corrected chi connectivity index (χ4v) is 6.65. The maximum atomic E-state index is 14.2. The van der Waals surface area contributed by atoms with Crippen molar-refractivity contribution >= 4 is 55.4 Å². The van der Waals surface area contributed by atoms with Gasteiger partial charge in [-0.3, -0.25) is 19.3 Å². The number of para-hydroxylation sites is 1. The molecule has 0 unspecified atom stereocenters. The van der Waals surface area contributed by atoms with Crippen molar-refractivity contribution in [1.29, 1.82) is 0 Å². The van der Waals surface area contributed by atoms with E-state index < -0.39 is 12.2 Å². The Balaban J connectivity index is 1.38. The Hall–Kier alpha value is -4.49. The summed E-state index contributed by atoms with van der Waals surface area (Å²) in [5.41, 5.74) is 9.53. The molecule has 6 rings (SSSR count). The second kappa shape index (κ2) is 10.5. The number of anilines is 1. The number of aromatic nitrogens is 3. The van der Waals surface area contributed by atoms with Crippen LogP contribution in [0.15, 0.2) is 55.3 Å². The summed E-state index contributed by atoms with van der Waals surface area (Å²) in [6.45, 7) is 4.50. The molecule has 0 bridgehead atoms. The van der Waals surface area contributed by atoms with Crippen molar-refractivity contribution in [3.05, 3.63) is 66.4 Å². The van der Waals surface area contributed by atoms with Gasteiger partial charge < -0.3 is 20.9 Å². The quantitative estimate of drug-likeness (QED) is 0.323. The number of thiazole rings is 1. The van der Waals surface area contributed by atoms with Crippen LogP contribution in [0.5, 0.6) is 0 Å². The number of rotatable bonds is 7. The minimum absolute atomic E-state index is 0.0244. The fraction of sp³-hybridized carbons (Fsp3) is 0.321. The van der Waals surface area contributed by atoms with Gasteiger partial charge in [0.1, 0.15) is 12.2 Å². The summed E-state index contributed by atoms with van der Waals surface area (Å²) in [5.74, 6) is -0.360. The molecule has 2 atom stereocenters. The van der Waals surface area contributed by atoms with Crippen molar-refractivity contribution in [2.24, 2.45) is 7.05 Å². The number of carbonyl (C=O) groups is 3. The summed E-state index contributed by atoms with van der Waals surface area (Å²) in [6, 6.07) is 10.7. The highest BCUT2D eigenvalue weighted by Crippen LogP contribution is 2.32. The van der Waals surface area contributed by atoms with E-state index in [-0.39, 0.29) is 37.5 Å². The van der Waals surface area contributed by atoms with Crippen LogP contribution >= 0.6 is 11.3 Å². The van der Waals surface area contributed by atoms with E-state index in [9.17, 15) is 14.4 Å². The summed E-state index contributed by atoms with van der Waals surface area (Å²) in [4.78, 5) is 48.5. The van der Waals surface area contributed by atoms with Crippen LogP contribution in [-0.4, -0.2) is 91.3 Å². The topological polar surface area (TPSA) is 133 Å². The van der Waals surface area contributed by atoms with E-state index in [1.165, 1.54) is 16.3 Å². The van der Waals surface area contributed by atoms with E-state index in [4.69, 9.17) is 5.73 Å². The summed E-state index contributed by atoms with van der Waals surface area (Å²) < 4.78 is 2.74. The monoisotopic (exact) mass is 573 g/mol. The Kier molecular flexibility index (Phi) is 6.83. The molecule has 4 amide bonds. The molecule has 4 heterocycles. The van der Waals surface area contributed by atoms with Crippen molar-refractivity contribution in [2.45, 2.75) is 25.2 Å². The maximum Gasteiger partial charge on any atom is 0.332 e. The van der Waals surface area contributed by atoms with Crippen molar-refractivity contribution in [2.75, 3.05) is 32.4 Å². The number of hydrogen-bond donors (Lipinski definition) is 2. The lowest BCUT2D eigenvalue weighted by Crippen LogP contribution is -2.65. The van der Waals surface area contributed by atoms with E-state index in [0.29, 0.717) is 18.1 Å². The molecule has 2 aliphatic rings. The van der Waals surface area contributed by atoms with Crippen molar-refractivity contribution < 1.29 is 14.4 Å². The Bertz CT molecular complexity index is 1680. The number of aryl methyl sites for hydroxylation is 1. The molecule has 13 heteroatoms. The summed E-state index contributed by atoms with van der Waals surface area (Å²) >= 11 is 1.40. The Morgan fingerprint density at radius 2 is 2.12 bits per heavy atom. The third-order valence-electron chi connectivity index (χ3n) is 7.75. The molecule has 0 aliphatic carbocycles. The summed E-state index contributed by atoms with van der Waals surface area (Å²) in [5, 5.41) is 11.6. The Labute approximate surface area is 240 Å². The van der Waals surface area contributed by atoms with Crippen LogP contribution in [0, 0.1) is 0 Å². The van der Waals surface area contributed by atoms with Crippen LogP contribution in [0.2, 0.25) is 0 Å².